The largest absolute Gasteiger partial charge is 0.490 e. The highest BCUT2D eigenvalue weighted by Gasteiger charge is 2.54. The normalized spacial score (nSPS) is 19.1. The van der Waals surface area contributed by atoms with Crippen molar-refractivity contribution in [1.29, 1.82) is 0 Å². The first-order chi connectivity index (χ1) is 19.5. The summed E-state index contributed by atoms with van der Waals surface area (Å²) in [6.45, 7) is 11.2. The number of hydrogen-bond donors (Lipinski definition) is 0. The Morgan fingerprint density at radius 1 is 1.02 bits per heavy atom. The minimum Gasteiger partial charge on any atom is -0.490 e. The van der Waals surface area contributed by atoms with Gasteiger partial charge in [-0.3, -0.25) is 4.98 Å². The third-order valence-corrected chi connectivity index (χ3v) is 8.82. The summed E-state index contributed by atoms with van der Waals surface area (Å²) in [4.78, 5) is 20.8. The van der Waals surface area contributed by atoms with Gasteiger partial charge >= 0.3 is 5.97 Å². The lowest BCUT2D eigenvalue weighted by Gasteiger charge is -2.34. The standard InChI is InChI=1S/C34H39N3O3/c1-5-36(6-2)24-19-20-28(30(22-24)39-25-14-9-8-10-15-25)34(32-27(33(38)40-34)17-13-21-35-32)31-23(4)37(7-3)29-18-12-11-16-26(29)31/h11-13,16-22,25H,5-10,14-15H2,1-4H3. The first-order valence-corrected chi connectivity index (χ1v) is 14.9. The summed E-state index contributed by atoms with van der Waals surface area (Å²) in [5, 5.41) is 1.06. The van der Waals surface area contributed by atoms with Crippen molar-refractivity contribution < 1.29 is 14.3 Å². The molecule has 1 unspecified atom stereocenters. The van der Waals surface area contributed by atoms with E-state index in [1.165, 1.54) is 19.3 Å². The molecule has 0 bridgehead atoms. The van der Waals surface area contributed by atoms with E-state index in [2.05, 4.69) is 79.6 Å². The van der Waals surface area contributed by atoms with Gasteiger partial charge in [-0.2, -0.15) is 0 Å². The van der Waals surface area contributed by atoms with E-state index < -0.39 is 5.60 Å². The van der Waals surface area contributed by atoms with Crippen molar-refractivity contribution in [2.75, 3.05) is 18.0 Å². The number of para-hydroxylation sites is 1. The van der Waals surface area contributed by atoms with Crippen molar-refractivity contribution in [3.8, 4) is 5.75 Å². The number of pyridine rings is 1. The molecule has 3 heterocycles. The van der Waals surface area contributed by atoms with Gasteiger partial charge in [0.15, 0.2) is 0 Å². The van der Waals surface area contributed by atoms with E-state index in [4.69, 9.17) is 14.5 Å². The molecule has 40 heavy (non-hydrogen) atoms. The predicted octanol–water partition coefficient (Wildman–Crippen LogP) is 7.38. The van der Waals surface area contributed by atoms with Crippen molar-refractivity contribution in [3.63, 3.8) is 0 Å². The zero-order valence-corrected chi connectivity index (χ0v) is 24.1. The fourth-order valence-corrected chi connectivity index (χ4v) is 6.91. The quantitative estimate of drug-likeness (QED) is 0.219. The van der Waals surface area contributed by atoms with Crippen LogP contribution in [0.4, 0.5) is 5.69 Å². The summed E-state index contributed by atoms with van der Waals surface area (Å²) in [7, 11) is 0. The van der Waals surface area contributed by atoms with Crippen LogP contribution in [0.25, 0.3) is 10.9 Å². The van der Waals surface area contributed by atoms with Gasteiger partial charge in [-0.15, -0.1) is 0 Å². The molecule has 0 saturated heterocycles. The van der Waals surface area contributed by atoms with Gasteiger partial charge in [0, 0.05) is 65.3 Å². The van der Waals surface area contributed by atoms with E-state index in [1.807, 2.05) is 6.07 Å². The molecule has 1 saturated carbocycles. The second kappa shape index (κ2) is 10.6. The van der Waals surface area contributed by atoms with Crippen molar-refractivity contribution >= 4 is 22.6 Å². The Labute approximate surface area is 236 Å². The van der Waals surface area contributed by atoms with Gasteiger partial charge in [-0.1, -0.05) is 24.6 Å². The molecule has 1 fully saturated rings. The Kier molecular flexibility index (Phi) is 7.03. The summed E-state index contributed by atoms with van der Waals surface area (Å²) in [6.07, 6.45) is 7.55. The molecule has 6 rings (SSSR count). The maximum atomic E-state index is 13.6. The number of rotatable bonds is 8. The van der Waals surface area contributed by atoms with Crippen molar-refractivity contribution in [1.82, 2.24) is 9.55 Å². The van der Waals surface area contributed by atoms with E-state index in [0.717, 1.165) is 71.6 Å². The highest BCUT2D eigenvalue weighted by atomic mass is 16.6. The van der Waals surface area contributed by atoms with Crippen molar-refractivity contribution in [2.24, 2.45) is 0 Å². The molecule has 0 spiro atoms. The van der Waals surface area contributed by atoms with E-state index in [1.54, 1.807) is 12.3 Å². The summed E-state index contributed by atoms with van der Waals surface area (Å²) in [5.74, 6) is 0.419. The highest BCUT2D eigenvalue weighted by molar-refractivity contribution is 5.98. The average molecular weight is 538 g/mol. The van der Waals surface area contributed by atoms with E-state index >= 15 is 0 Å². The summed E-state index contributed by atoms with van der Waals surface area (Å²) < 4.78 is 15.8. The molecule has 6 heteroatoms. The van der Waals surface area contributed by atoms with Crippen LogP contribution in [0.15, 0.2) is 60.8 Å². The number of aromatic nitrogens is 2. The van der Waals surface area contributed by atoms with Gasteiger partial charge in [0.05, 0.1) is 11.7 Å². The predicted molar refractivity (Wildman–Crippen MR) is 159 cm³/mol. The summed E-state index contributed by atoms with van der Waals surface area (Å²) in [5.41, 5.74) is 4.98. The number of aryl methyl sites for hydroxylation is 1. The van der Waals surface area contributed by atoms with Crippen LogP contribution in [0.5, 0.6) is 5.75 Å². The zero-order chi connectivity index (χ0) is 27.9. The number of fused-ring (bicyclic) bond motifs is 2. The topological polar surface area (TPSA) is 56.6 Å². The molecule has 1 aliphatic carbocycles. The molecule has 1 aliphatic heterocycles. The number of carbonyl (C=O) groups excluding carboxylic acids is 1. The van der Waals surface area contributed by atoms with Crippen LogP contribution < -0.4 is 9.64 Å². The number of benzene rings is 2. The van der Waals surface area contributed by atoms with Crippen LogP contribution in [0.2, 0.25) is 0 Å². The van der Waals surface area contributed by atoms with Crippen LogP contribution >= 0.6 is 0 Å². The lowest BCUT2D eigenvalue weighted by Crippen LogP contribution is -2.33. The van der Waals surface area contributed by atoms with Crippen LogP contribution in [0, 0.1) is 6.92 Å². The van der Waals surface area contributed by atoms with Crippen LogP contribution in [0.1, 0.15) is 85.7 Å². The first kappa shape index (κ1) is 26.4. The Hall–Kier alpha value is -3.80. The smallest absolute Gasteiger partial charge is 0.341 e. The minimum atomic E-state index is -1.23. The van der Waals surface area contributed by atoms with Gasteiger partial charge in [0.1, 0.15) is 11.4 Å². The number of nitrogens with zero attached hydrogens (tertiary/aromatic N) is 3. The summed E-state index contributed by atoms with van der Waals surface area (Å²) >= 11 is 0. The van der Waals surface area contributed by atoms with Crippen LogP contribution in [-0.4, -0.2) is 34.7 Å². The molecule has 6 nitrogen and oxygen atoms in total. The van der Waals surface area contributed by atoms with Crippen molar-refractivity contribution in [2.45, 2.75) is 78.0 Å². The third kappa shape index (κ3) is 4.07. The molecule has 2 aromatic carbocycles. The molecule has 0 N–H and O–H groups in total. The molecule has 2 aromatic heterocycles. The van der Waals surface area contributed by atoms with Gasteiger partial charge < -0.3 is 18.9 Å². The number of hydrogen-bond acceptors (Lipinski definition) is 5. The molecule has 1 atom stereocenters. The zero-order valence-electron chi connectivity index (χ0n) is 24.1. The number of cyclic esters (lactones) is 1. The maximum absolute atomic E-state index is 13.6. The Bertz CT molecular complexity index is 1550. The average Bonchev–Trinajstić information content (AvgIpc) is 3.45. The fourth-order valence-electron chi connectivity index (χ4n) is 6.91. The first-order valence-electron chi connectivity index (χ1n) is 14.9. The number of ether oxygens (including phenoxy) is 2. The minimum absolute atomic E-state index is 0.134. The number of anilines is 1. The Morgan fingerprint density at radius 3 is 2.55 bits per heavy atom. The monoisotopic (exact) mass is 537 g/mol. The van der Waals surface area contributed by atoms with Gasteiger partial charge in [0.25, 0.3) is 0 Å². The summed E-state index contributed by atoms with van der Waals surface area (Å²) in [6, 6.07) is 18.4. The molecule has 4 aromatic rings. The second-order valence-corrected chi connectivity index (χ2v) is 10.9. The lowest BCUT2D eigenvalue weighted by molar-refractivity contribution is 0.0230. The van der Waals surface area contributed by atoms with Gasteiger partial charge in [-0.25, -0.2) is 4.79 Å². The van der Waals surface area contributed by atoms with Gasteiger partial charge in [0.2, 0.25) is 5.60 Å². The lowest BCUT2D eigenvalue weighted by atomic mass is 9.80. The molecule has 0 radical (unpaired) electrons. The fraction of sp³-hybridized carbons (Fsp3) is 0.412. The molecular formula is C34H39N3O3. The molecule has 208 valence electrons. The SMILES string of the molecule is CCN(CC)c1ccc(C2(c3c(C)n(CC)c4ccccc34)OC(=O)c3cccnc32)c(OC2CCCCC2)c1. The van der Waals surface area contributed by atoms with Crippen molar-refractivity contribution in [3.05, 3.63) is 88.9 Å². The Morgan fingerprint density at radius 2 is 1.80 bits per heavy atom. The molecule has 0 amide bonds. The van der Waals surface area contributed by atoms with E-state index in [0.29, 0.717) is 11.3 Å². The highest BCUT2D eigenvalue weighted by Crippen LogP contribution is 2.53. The number of carbonyl (C=O) groups is 1. The third-order valence-electron chi connectivity index (χ3n) is 8.82. The number of esters is 1. The Balaban J connectivity index is 1.67. The molecular weight excluding hydrogens is 498 g/mol. The van der Waals surface area contributed by atoms with Crippen LogP contribution in [0.3, 0.4) is 0 Å². The van der Waals surface area contributed by atoms with Gasteiger partial charge in [-0.05, 0) is 83.7 Å². The van der Waals surface area contributed by atoms with E-state index in [9.17, 15) is 4.79 Å². The molecule has 2 aliphatic rings. The van der Waals surface area contributed by atoms with E-state index in [-0.39, 0.29) is 12.1 Å². The van der Waals surface area contributed by atoms with Crippen LogP contribution in [-0.2, 0) is 16.9 Å². The second-order valence-electron chi connectivity index (χ2n) is 10.9. The maximum Gasteiger partial charge on any atom is 0.341 e.